The number of anilines is 1. The summed E-state index contributed by atoms with van der Waals surface area (Å²) >= 11 is 0. The standard InChI is InChI=1S/C18H14F2N4O/c19-12-3-6-14(15(20)9-12)17(21)18(25)24-13-4-1-11(2-5-13)16-7-8-22-10-23-16/h1-10,17H,21H2,(H,24,25). The highest BCUT2D eigenvalue weighted by atomic mass is 19.1. The maximum atomic E-state index is 13.7. The molecule has 0 bridgehead atoms. The number of nitrogens with two attached hydrogens (primary N) is 1. The Labute approximate surface area is 142 Å². The molecule has 5 nitrogen and oxygen atoms in total. The number of rotatable bonds is 4. The molecule has 1 heterocycles. The number of aromatic nitrogens is 2. The van der Waals surface area contributed by atoms with Gasteiger partial charge in [0.1, 0.15) is 24.0 Å². The first-order valence-electron chi connectivity index (χ1n) is 7.42. The van der Waals surface area contributed by atoms with Crippen LogP contribution in [0.4, 0.5) is 14.5 Å². The quantitative estimate of drug-likeness (QED) is 0.765. The molecule has 3 rings (SSSR count). The first kappa shape index (κ1) is 16.7. The van der Waals surface area contributed by atoms with Gasteiger partial charge in [0.25, 0.3) is 0 Å². The average molecular weight is 340 g/mol. The molecule has 0 radical (unpaired) electrons. The highest BCUT2D eigenvalue weighted by molar-refractivity contribution is 5.95. The maximum absolute atomic E-state index is 13.7. The van der Waals surface area contributed by atoms with Gasteiger partial charge in [-0.3, -0.25) is 4.79 Å². The summed E-state index contributed by atoms with van der Waals surface area (Å²) in [5.41, 5.74) is 7.80. The topological polar surface area (TPSA) is 80.9 Å². The lowest BCUT2D eigenvalue weighted by Gasteiger charge is -2.13. The molecule has 7 heteroatoms. The van der Waals surface area contributed by atoms with Gasteiger partial charge in [-0.25, -0.2) is 18.7 Å². The van der Waals surface area contributed by atoms with Crippen molar-refractivity contribution >= 4 is 11.6 Å². The van der Waals surface area contributed by atoms with E-state index in [0.29, 0.717) is 11.8 Å². The zero-order valence-electron chi connectivity index (χ0n) is 13.0. The first-order chi connectivity index (χ1) is 12.0. The minimum absolute atomic E-state index is 0.0727. The molecule has 2 aromatic carbocycles. The van der Waals surface area contributed by atoms with E-state index in [9.17, 15) is 13.6 Å². The Hall–Kier alpha value is -3.19. The molecule has 1 atom stereocenters. The number of halogens is 2. The van der Waals surface area contributed by atoms with Crippen molar-refractivity contribution < 1.29 is 13.6 Å². The maximum Gasteiger partial charge on any atom is 0.245 e. The highest BCUT2D eigenvalue weighted by Crippen LogP contribution is 2.21. The van der Waals surface area contributed by atoms with Gasteiger partial charge in [-0.15, -0.1) is 0 Å². The molecular weight excluding hydrogens is 326 g/mol. The number of carbonyl (C=O) groups is 1. The lowest BCUT2D eigenvalue weighted by Crippen LogP contribution is -2.28. The Kier molecular flexibility index (Phi) is 4.76. The van der Waals surface area contributed by atoms with E-state index < -0.39 is 23.6 Å². The predicted molar refractivity (Wildman–Crippen MR) is 89.4 cm³/mol. The number of nitrogens with one attached hydrogen (secondary N) is 1. The molecule has 0 aliphatic heterocycles. The molecule has 126 valence electrons. The fourth-order valence-electron chi connectivity index (χ4n) is 2.30. The van der Waals surface area contributed by atoms with Crippen LogP contribution < -0.4 is 11.1 Å². The van der Waals surface area contributed by atoms with Crippen molar-refractivity contribution in [2.75, 3.05) is 5.32 Å². The van der Waals surface area contributed by atoms with E-state index in [-0.39, 0.29) is 5.56 Å². The third-order valence-electron chi connectivity index (χ3n) is 3.61. The number of benzene rings is 2. The number of carbonyl (C=O) groups excluding carboxylic acids is 1. The summed E-state index contributed by atoms with van der Waals surface area (Å²) in [6.45, 7) is 0. The predicted octanol–water partition coefficient (Wildman–Crippen LogP) is 3.06. The van der Waals surface area contributed by atoms with E-state index in [1.165, 1.54) is 6.33 Å². The summed E-state index contributed by atoms with van der Waals surface area (Å²) < 4.78 is 26.7. The smallest absolute Gasteiger partial charge is 0.245 e. The largest absolute Gasteiger partial charge is 0.324 e. The minimum Gasteiger partial charge on any atom is -0.324 e. The molecule has 3 aromatic rings. The van der Waals surface area contributed by atoms with Crippen molar-refractivity contribution in [1.29, 1.82) is 0 Å². The Morgan fingerprint density at radius 2 is 1.84 bits per heavy atom. The Morgan fingerprint density at radius 1 is 1.08 bits per heavy atom. The molecule has 1 amide bonds. The molecule has 0 aliphatic rings. The third kappa shape index (κ3) is 3.84. The van der Waals surface area contributed by atoms with Crippen LogP contribution in [0.5, 0.6) is 0 Å². The number of hydrogen-bond acceptors (Lipinski definition) is 4. The third-order valence-corrected chi connectivity index (χ3v) is 3.61. The van der Waals surface area contributed by atoms with Gasteiger partial charge in [-0.1, -0.05) is 18.2 Å². The summed E-state index contributed by atoms with van der Waals surface area (Å²) in [4.78, 5) is 20.2. The lowest BCUT2D eigenvalue weighted by atomic mass is 10.1. The van der Waals surface area contributed by atoms with Crippen LogP contribution in [0.3, 0.4) is 0 Å². The van der Waals surface area contributed by atoms with Crippen molar-refractivity contribution in [2.45, 2.75) is 6.04 Å². The van der Waals surface area contributed by atoms with Crippen molar-refractivity contribution in [3.8, 4) is 11.3 Å². The van der Waals surface area contributed by atoms with Crippen LogP contribution in [-0.4, -0.2) is 15.9 Å². The van der Waals surface area contributed by atoms with Crippen LogP contribution in [-0.2, 0) is 4.79 Å². The average Bonchev–Trinajstić information content (AvgIpc) is 2.62. The van der Waals surface area contributed by atoms with E-state index >= 15 is 0 Å². The van der Waals surface area contributed by atoms with Crippen molar-refractivity contribution in [2.24, 2.45) is 5.73 Å². The molecule has 1 aromatic heterocycles. The highest BCUT2D eigenvalue weighted by Gasteiger charge is 2.20. The number of nitrogens with zero attached hydrogens (tertiary/aromatic N) is 2. The molecule has 0 saturated heterocycles. The van der Waals surface area contributed by atoms with Gasteiger partial charge in [0.05, 0.1) is 5.69 Å². The Balaban J connectivity index is 1.72. The summed E-state index contributed by atoms with van der Waals surface area (Å²) in [6, 6.07) is 10.4. The summed E-state index contributed by atoms with van der Waals surface area (Å²) in [5, 5.41) is 2.60. The van der Waals surface area contributed by atoms with Gasteiger partial charge in [0.15, 0.2) is 0 Å². The van der Waals surface area contributed by atoms with E-state index in [1.54, 1.807) is 36.5 Å². The van der Waals surface area contributed by atoms with E-state index in [1.807, 2.05) is 0 Å². The molecule has 1 unspecified atom stereocenters. The fraction of sp³-hybridized carbons (Fsp3) is 0.0556. The van der Waals surface area contributed by atoms with Crippen molar-refractivity contribution in [3.05, 3.63) is 78.3 Å². The van der Waals surface area contributed by atoms with E-state index in [0.717, 1.165) is 23.4 Å². The van der Waals surface area contributed by atoms with Crippen LogP contribution >= 0.6 is 0 Å². The monoisotopic (exact) mass is 340 g/mol. The van der Waals surface area contributed by atoms with Crippen LogP contribution in [0.2, 0.25) is 0 Å². The minimum atomic E-state index is -1.25. The van der Waals surface area contributed by atoms with Gasteiger partial charge in [0, 0.05) is 29.1 Å². The van der Waals surface area contributed by atoms with Gasteiger partial charge < -0.3 is 11.1 Å². The number of hydrogen-bond donors (Lipinski definition) is 2. The second kappa shape index (κ2) is 7.14. The van der Waals surface area contributed by atoms with Crippen LogP contribution in [0.1, 0.15) is 11.6 Å². The van der Waals surface area contributed by atoms with Crippen molar-refractivity contribution in [1.82, 2.24) is 9.97 Å². The molecule has 0 fully saturated rings. The molecule has 25 heavy (non-hydrogen) atoms. The number of amides is 1. The van der Waals surface area contributed by atoms with Crippen molar-refractivity contribution in [3.63, 3.8) is 0 Å². The van der Waals surface area contributed by atoms with Gasteiger partial charge in [0.2, 0.25) is 5.91 Å². The zero-order valence-corrected chi connectivity index (χ0v) is 13.0. The Morgan fingerprint density at radius 3 is 2.48 bits per heavy atom. The first-order valence-corrected chi connectivity index (χ1v) is 7.42. The molecule has 0 aliphatic carbocycles. The normalized spacial score (nSPS) is 11.8. The van der Waals surface area contributed by atoms with Crippen LogP contribution in [0, 0.1) is 11.6 Å². The molecule has 3 N–H and O–H groups in total. The van der Waals surface area contributed by atoms with Gasteiger partial charge in [-0.05, 0) is 24.3 Å². The summed E-state index contributed by atoms with van der Waals surface area (Å²) in [5.74, 6) is -2.18. The summed E-state index contributed by atoms with van der Waals surface area (Å²) in [6.07, 6.45) is 3.08. The van der Waals surface area contributed by atoms with Crippen LogP contribution in [0.25, 0.3) is 11.3 Å². The van der Waals surface area contributed by atoms with E-state index in [2.05, 4.69) is 15.3 Å². The SMILES string of the molecule is NC(C(=O)Nc1ccc(-c2ccncn2)cc1)c1ccc(F)cc1F. The fourth-order valence-corrected chi connectivity index (χ4v) is 2.30. The second-order valence-corrected chi connectivity index (χ2v) is 5.30. The van der Waals surface area contributed by atoms with E-state index in [4.69, 9.17) is 5.73 Å². The van der Waals surface area contributed by atoms with Crippen LogP contribution in [0.15, 0.2) is 61.1 Å². The van der Waals surface area contributed by atoms with Gasteiger partial charge in [-0.2, -0.15) is 0 Å². The zero-order chi connectivity index (χ0) is 17.8. The molecular formula is C18H14F2N4O. The summed E-state index contributed by atoms with van der Waals surface area (Å²) in [7, 11) is 0. The van der Waals surface area contributed by atoms with Gasteiger partial charge >= 0.3 is 0 Å². The molecule has 0 saturated carbocycles. The lowest BCUT2D eigenvalue weighted by molar-refractivity contribution is -0.117. The second-order valence-electron chi connectivity index (χ2n) is 5.30. The Bertz CT molecular complexity index is 885. The molecule has 0 spiro atoms.